The number of aromatic nitrogens is 3. The molecule has 0 saturated heterocycles. The van der Waals surface area contributed by atoms with Gasteiger partial charge in [-0.1, -0.05) is 29.9 Å². The summed E-state index contributed by atoms with van der Waals surface area (Å²) in [6.07, 6.45) is 0. The quantitative estimate of drug-likeness (QED) is 0.753. The molecule has 0 aliphatic carbocycles. The molecule has 0 atom stereocenters. The van der Waals surface area contributed by atoms with Gasteiger partial charge >= 0.3 is 0 Å². The number of nitrogen functional groups attached to an aromatic ring is 1. The Morgan fingerprint density at radius 2 is 2.42 bits per heavy atom. The van der Waals surface area contributed by atoms with Gasteiger partial charge in [0.15, 0.2) is 5.16 Å². The molecular formula is C6H9ClN4S. The van der Waals surface area contributed by atoms with Crippen molar-refractivity contribution in [3.05, 3.63) is 11.6 Å². The van der Waals surface area contributed by atoms with Crippen molar-refractivity contribution >= 4 is 29.3 Å². The van der Waals surface area contributed by atoms with Crippen molar-refractivity contribution in [3.63, 3.8) is 0 Å². The number of nitrogens with two attached hydrogens (primary N) is 1. The van der Waals surface area contributed by atoms with Gasteiger partial charge in [-0.05, 0) is 0 Å². The molecule has 4 nitrogen and oxygen atoms in total. The van der Waals surface area contributed by atoms with Crippen LogP contribution in [-0.2, 0) is 7.05 Å². The molecule has 1 aromatic heterocycles. The van der Waals surface area contributed by atoms with Crippen molar-refractivity contribution in [1.82, 2.24) is 14.8 Å². The van der Waals surface area contributed by atoms with Crippen LogP contribution in [0.1, 0.15) is 0 Å². The number of rotatable bonds is 3. The molecule has 0 bridgehead atoms. The van der Waals surface area contributed by atoms with E-state index in [-0.39, 0.29) is 0 Å². The lowest BCUT2D eigenvalue weighted by molar-refractivity contribution is 0.797. The number of anilines is 1. The summed E-state index contributed by atoms with van der Waals surface area (Å²) in [7, 11) is 1.80. The third kappa shape index (κ3) is 2.15. The first kappa shape index (κ1) is 9.41. The molecule has 66 valence electrons. The molecule has 0 unspecified atom stereocenters. The van der Waals surface area contributed by atoms with Crippen LogP contribution in [0.4, 0.5) is 5.95 Å². The van der Waals surface area contributed by atoms with E-state index in [1.807, 2.05) is 0 Å². The topological polar surface area (TPSA) is 56.7 Å². The molecule has 0 aliphatic rings. The number of nitrogens with zero attached hydrogens (tertiary/aromatic N) is 3. The maximum absolute atomic E-state index is 5.58. The normalized spacial score (nSPS) is 10.2. The van der Waals surface area contributed by atoms with Crippen molar-refractivity contribution in [2.75, 3.05) is 11.5 Å². The van der Waals surface area contributed by atoms with E-state index in [4.69, 9.17) is 17.3 Å². The predicted molar refractivity (Wildman–Crippen MR) is 51.1 cm³/mol. The third-order valence-electron chi connectivity index (χ3n) is 1.23. The first-order valence-electron chi connectivity index (χ1n) is 3.22. The summed E-state index contributed by atoms with van der Waals surface area (Å²) in [6, 6.07) is 0. The molecule has 0 saturated carbocycles. The molecule has 6 heteroatoms. The zero-order chi connectivity index (χ0) is 9.14. The molecule has 1 aromatic rings. The molecule has 0 fully saturated rings. The Bertz CT molecular complexity index is 296. The van der Waals surface area contributed by atoms with Gasteiger partial charge in [0, 0.05) is 17.8 Å². The van der Waals surface area contributed by atoms with Crippen LogP contribution in [0, 0.1) is 0 Å². The Morgan fingerprint density at radius 3 is 2.83 bits per heavy atom. The van der Waals surface area contributed by atoms with Gasteiger partial charge in [0.1, 0.15) is 0 Å². The van der Waals surface area contributed by atoms with E-state index in [1.165, 1.54) is 11.8 Å². The lowest BCUT2D eigenvalue weighted by Crippen LogP contribution is -1.98. The van der Waals surface area contributed by atoms with E-state index in [2.05, 4.69) is 16.8 Å². The third-order valence-corrected chi connectivity index (χ3v) is 2.63. The van der Waals surface area contributed by atoms with Gasteiger partial charge in [0.25, 0.3) is 0 Å². The maximum atomic E-state index is 5.58. The minimum absolute atomic E-state index is 0.401. The summed E-state index contributed by atoms with van der Waals surface area (Å²) in [6.45, 7) is 3.56. The largest absolute Gasteiger partial charge is 0.368 e. The number of halogens is 1. The highest BCUT2D eigenvalue weighted by atomic mass is 35.5. The van der Waals surface area contributed by atoms with E-state index >= 15 is 0 Å². The summed E-state index contributed by atoms with van der Waals surface area (Å²) in [5.41, 5.74) is 5.47. The van der Waals surface area contributed by atoms with Crippen LogP contribution < -0.4 is 5.73 Å². The second-order valence-electron chi connectivity index (χ2n) is 2.21. The van der Waals surface area contributed by atoms with Gasteiger partial charge in [0.2, 0.25) is 5.95 Å². The summed E-state index contributed by atoms with van der Waals surface area (Å²) < 4.78 is 1.70. The molecule has 2 N–H and O–H groups in total. The minimum Gasteiger partial charge on any atom is -0.368 e. The van der Waals surface area contributed by atoms with E-state index in [0.29, 0.717) is 16.7 Å². The Hall–Kier alpha value is -0.680. The molecule has 1 rings (SSSR count). The SMILES string of the molecule is C=C(Cl)CSc1nnc(N)n1C. The van der Waals surface area contributed by atoms with Crippen molar-refractivity contribution in [2.24, 2.45) is 7.05 Å². The van der Waals surface area contributed by atoms with Crippen molar-refractivity contribution in [3.8, 4) is 0 Å². The minimum atomic E-state index is 0.401. The highest BCUT2D eigenvalue weighted by molar-refractivity contribution is 7.99. The van der Waals surface area contributed by atoms with E-state index < -0.39 is 0 Å². The van der Waals surface area contributed by atoms with Crippen LogP contribution in [-0.4, -0.2) is 20.5 Å². The Balaban J connectivity index is 2.63. The predicted octanol–water partition coefficient (Wildman–Crippen LogP) is 1.24. The number of thioether (sulfide) groups is 1. The lowest BCUT2D eigenvalue weighted by atomic mass is 10.7. The first-order chi connectivity index (χ1) is 5.61. The zero-order valence-electron chi connectivity index (χ0n) is 6.62. The number of hydrogen-bond acceptors (Lipinski definition) is 4. The summed E-state index contributed by atoms with van der Waals surface area (Å²) in [5.74, 6) is 1.02. The molecule has 1 heterocycles. The van der Waals surface area contributed by atoms with Crippen LogP contribution in [0.25, 0.3) is 0 Å². The van der Waals surface area contributed by atoms with Crippen LogP contribution >= 0.6 is 23.4 Å². The highest BCUT2D eigenvalue weighted by Gasteiger charge is 2.05. The van der Waals surface area contributed by atoms with Crippen LogP contribution in [0.15, 0.2) is 16.8 Å². The molecule has 0 spiro atoms. The van der Waals surface area contributed by atoms with E-state index in [9.17, 15) is 0 Å². The van der Waals surface area contributed by atoms with Gasteiger partial charge in [-0.2, -0.15) is 0 Å². The van der Waals surface area contributed by atoms with Gasteiger partial charge in [-0.25, -0.2) is 0 Å². The second kappa shape index (κ2) is 3.82. The van der Waals surface area contributed by atoms with Crippen LogP contribution in [0.3, 0.4) is 0 Å². The lowest BCUT2D eigenvalue weighted by Gasteiger charge is -1.98. The van der Waals surface area contributed by atoms with Gasteiger partial charge in [0.05, 0.1) is 0 Å². The maximum Gasteiger partial charge on any atom is 0.222 e. The van der Waals surface area contributed by atoms with Gasteiger partial charge in [-0.15, -0.1) is 10.2 Å². The first-order valence-corrected chi connectivity index (χ1v) is 4.58. The van der Waals surface area contributed by atoms with Gasteiger partial charge in [-0.3, -0.25) is 4.57 Å². The van der Waals surface area contributed by atoms with Crippen LogP contribution in [0.5, 0.6) is 0 Å². The Labute approximate surface area is 79.8 Å². The fourth-order valence-corrected chi connectivity index (χ4v) is 1.43. The summed E-state index contributed by atoms with van der Waals surface area (Å²) >= 11 is 7.04. The monoisotopic (exact) mass is 204 g/mol. The Morgan fingerprint density at radius 1 is 1.75 bits per heavy atom. The van der Waals surface area contributed by atoms with E-state index in [0.717, 1.165) is 5.16 Å². The molecule has 0 aliphatic heterocycles. The van der Waals surface area contributed by atoms with Crippen molar-refractivity contribution < 1.29 is 0 Å². The zero-order valence-corrected chi connectivity index (χ0v) is 8.19. The molecule has 12 heavy (non-hydrogen) atoms. The summed E-state index contributed by atoms with van der Waals surface area (Å²) in [5, 5.41) is 8.86. The fourth-order valence-electron chi connectivity index (χ4n) is 0.595. The highest BCUT2D eigenvalue weighted by Crippen LogP contribution is 2.19. The second-order valence-corrected chi connectivity index (χ2v) is 3.68. The Kier molecular flexibility index (Phi) is 2.99. The van der Waals surface area contributed by atoms with Gasteiger partial charge < -0.3 is 5.73 Å². The average Bonchev–Trinajstić information content (AvgIpc) is 2.30. The standard InChI is InChI=1S/C6H9ClN4S/c1-4(7)3-12-6-10-9-5(8)11(6)2/h1,3H2,2H3,(H2,8,9). The summed E-state index contributed by atoms with van der Waals surface area (Å²) in [4.78, 5) is 0. The van der Waals surface area contributed by atoms with Crippen LogP contribution in [0.2, 0.25) is 0 Å². The smallest absolute Gasteiger partial charge is 0.222 e. The molecule has 0 amide bonds. The van der Waals surface area contributed by atoms with Crippen molar-refractivity contribution in [1.29, 1.82) is 0 Å². The van der Waals surface area contributed by atoms with Crippen molar-refractivity contribution in [2.45, 2.75) is 5.16 Å². The average molecular weight is 205 g/mol. The molecular weight excluding hydrogens is 196 g/mol. The fraction of sp³-hybridized carbons (Fsp3) is 0.333. The van der Waals surface area contributed by atoms with E-state index in [1.54, 1.807) is 11.6 Å². The number of hydrogen-bond donors (Lipinski definition) is 1. The molecule has 0 aromatic carbocycles. The molecule has 0 radical (unpaired) electrons.